The van der Waals surface area contributed by atoms with E-state index in [1.54, 1.807) is 0 Å². The molecule has 0 saturated carbocycles. The van der Waals surface area contributed by atoms with E-state index < -0.39 is 40.6 Å². The van der Waals surface area contributed by atoms with Crippen molar-refractivity contribution in [3.05, 3.63) is 34.6 Å². The Hall–Kier alpha value is -1.66. The number of esters is 1. The maximum atomic E-state index is 13.2. The fourth-order valence-corrected chi connectivity index (χ4v) is 1.24. The first-order chi connectivity index (χ1) is 8.77. The van der Waals surface area contributed by atoms with Crippen molar-refractivity contribution >= 4 is 5.97 Å². The van der Waals surface area contributed by atoms with Gasteiger partial charge in [-0.3, -0.25) is 0 Å². The molecular formula is C12H11F5O2. The van der Waals surface area contributed by atoms with Gasteiger partial charge in [0.25, 0.3) is 0 Å². The summed E-state index contributed by atoms with van der Waals surface area (Å²) in [5, 5.41) is 0. The maximum absolute atomic E-state index is 13.2. The molecule has 0 spiro atoms. The molecule has 1 aromatic rings. The molecule has 0 radical (unpaired) electrons. The van der Waals surface area contributed by atoms with Crippen LogP contribution in [0.2, 0.25) is 0 Å². The van der Waals surface area contributed by atoms with Crippen LogP contribution in [0, 0.1) is 35.0 Å². The Kier molecular flexibility index (Phi) is 4.85. The Balaban J connectivity index is 3.04. The molecule has 0 aliphatic rings. The van der Waals surface area contributed by atoms with Crippen LogP contribution in [0.3, 0.4) is 0 Å². The summed E-state index contributed by atoms with van der Waals surface area (Å²) in [5.41, 5.74) is -1.57. The van der Waals surface area contributed by atoms with Crippen LogP contribution in [-0.2, 0) is 4.74 Å². The van der Waals surface area contributed by atoms with Crippen molar-refractivity contribution in [2.24, 2.45) is 5.92 Å². The van der Waals surface area contributed by atoms with E-state index in [1.807, 2.05) is 13.8 Å². The second-order valence-corrected chi connectivity index (χ2v) is 4.26. The molecule has 19 heavy (non-hydrogen) atoms. The van der Waals surface area contributed by atoms with Gasteiger partial charge in [-0.05, 0) is 12.3 Å². The molecule has 0 aliphatic heterocycles. The van der Waals surface area contributed by atoms with Gasteiger partial charge in [-0.1, -0.05) is 13.8 Å². The van der Waals surface area contributed by atoms with Crippen LogP contribution < -0.4 is 0 Å². The Bertz CT molecular complexity index is 470. The number of benzene rings is 1. The van der Waals surface area contributed by atoms with E-state index in [-0.39, 0.29) is 12.5 Å². The van der Waals surface area contributed by atoms with Gasteiger partial charge in [-0.25, -0.2) is 26.7 Å². The zero-order valence-corrected chi connectivity index (χ0v) is 10.2. The fourth-order valence-electron chi connectivity index (χ4n) is 1.24. The number of hydrogen-bond acceptors (Lipinski definition) is 2. The van der Waals surface area contributed by atoms with Gasteiger partial charge in [-0.15, -0.1) is 0 Å². The molecule has 0 aromatic heterocycles. The van der Waals surface area contributed by atoms with Gasteiger partial charge in [0.2, 0.25) is 5.82 Å². The molecule has 7 heteroatoms. The van der Waals surface area contributed by atoms with Crippen LogP contribution in [-0.4, -0.2) is 12.6 Å². The lowest BCUT2D eigenvalue weighted by Gasteiger charge is -2.09. The molecule has 1 rings (SSSR count). The molecule has 2 nitrogen and oxygen atoms in total. The summed E-state index contributed by atoms with van der Waals surface area (Å²) in [6, 6.07) is 0. The number of ether oxygens (including phenoxy) is 1. The molecule has 0 fully saturated rings. The molecule has 0 atom stereocenters. The first-order valence-corrected chi connectivity index (χ1v) is 5.45. The highest BCUT2D eigenvalue weighted by Crippen LogP contribution is 2.23. The van der Waals surface area contributed by atoms with E-state index in [0.29, 0.717) is 6.42 Å². The average Bonchev–Trinajstić information content (AvgIpc) is 2.34. The van der Waals surface area contributed by atoms with Crippen LogP contribution in [0.1, 0.15) is 30.6 Å². The van der Waals surface area contributed by atoms with Crippen LogP contribution >= 0.6 is 0 Å². The molecular weight excluding hydrogens is 271 g/mol. The van der Waals surface area contributed by atoms with Crippen LogP contribution in [0.5, 0.6) is 0 Å². The largest absolute Gasteiger partial charge is 0.462 e. The Labute approximate surface area is 106 Å². The van der Waals surface area contributed by atoms with Crippen molar-refractivity contribution in [2.45, 2.75) is 20.3 Å². The maximum Gasteiger partial charge on any atom is 0.344 e. The van der Waals surface area contributed by atoms with E-state index in [1.165, 1.54) is 0 Å². The number of hydrogen-bond donors (Lipinski definition) is 0. The second-order valence-electron chi connectivity index (χ2n) is 4.26. The van der Waals surface area contributed by atoms with Gasteiger partial charge >= 0.3 is 5.97 Å². The van der Waals surface area contributed by atoms with Gasteiger partial charge in [0, 0.05) is 0 Å². The number of carbonyl (C=O) groups excluding carboxylic acids is 1. The Morgan fingerprint density at radius 1 is 0.947 bits per heavy atom. The van der Waals surface area contributed by atoms with Crippen molar-refractivity contribution in [1.29, 1.82) is 0 Å². The zero-order chi connectivity index (χ0) is 14.7. The number of rotatable bonds is 4. The number of carbonyl (C=O) groups is 1. The summed E-state index contributed by atoms with van der Waals surface area (Å²) in [7, 11) is 0. The van der Waals surface area contributed by atoms with Gasteiger partial charge in [0.1, 0.15) is 5.56 Å². The third-order valence-corrected chi connectivity index (χ3v) is 2.34. The molecule has 0 aliphatic carbocycles. The predicted octanol–water partition coefficient (Wildman–Crippen LogP) is 3.59. The van der Waals surface area contributed by atoms with E-state index in [9.17, 15) is 26.7 Å². The minimum atomic E-state index is -2.31. The molecule has 0 amide bonds. The average molecular weight is 282 g/mol. The highest BCUT2D eigenvalue weighted by Gasteiger charge is 2.30. The Morgan fingerprint density at radius 2 is 1.37 bits per heavy atom. The Morgan fingerprint density at radius 3 is 1.79 bits per heavy atom. The summed E-state index contributed by atoms with van der Waals surface area (Å²) in [4.78, 5) is 11.3. The van der Waals surface area contributed by atoms with Crippen molar-refractivity contribution in [3.63, 3.8) is 0 Å². The lowest BCUT2D eigenvalue weighted by Crippen LogP contribution is -2.16. The van der Waals surface area contributed by atoms with Crippen LogP contribution in [0.25, 0.3) is 0 Å². The van der Waals surface area contributed by atoms with E-state index in [0.717, 1.165) is 0 Å². The minimum Gasteiger partial charge on any atom is -0.462 e. The zero-order valence-electron chi connectivity index (χ0n) is 10.2. The molecule has 0 N–H and O–H groups in total. The topological polar surface area (TPSA) is 26.3 Å². The van der Waals surface area contributed by atoms with Crippen molar-refractivity contribution < 1.29 is 31.5 Å². The highest BCUT2D eigenvalue weighted by atomic mass is 19.2. The third kappa shape index (κ3) is 3.21. The summed E-state index contributed by atoms with van der Waals surface area (Å²) in [5.74, 6) is -12.5. The van der Waals surface area contributed by atoms with Crippen molar-refractivity contribution in [3.8, 4) is 0 Å². The second kappa shape index (κ2) is 5.99. The highest BCUT2D eigenvalue weighted by molar-refractivity contribution is 5.90. The fraction of sp³-hybridized carbons (Fsp3) is 0.417. The molecule has 1 aromatic carbocycles. The van der Waals surface area contributed by atoms with E-state index in [2.05, 4.69) is 4.74 Å². The van der Waals surface area contributed by atoms with E-state index in [4.69, 9.17) is 0 Å². The third-order valence-electron chi connectivity index (χ3n) is 2.34. The molecule has 0 bridgehead atoms. The monoisotopic (exact) mass is 282 g/mol. The van der Waals surface area contributed by atoms with Crippen LogP contribution in [0.4, 0.5) is 22.0 Å². The first kappa shape index (κ1) is 15.4. The minimum absolute atomic E-state index is 0.157. The van der Waals surface area contributed by atoms with Gasteiger partial charge < -0.3 is 4.74 Å². The van der Waals surface area contributed by atoms with Gasteiger partial charge in [0.05, 0.1) is 6.61 Å². The standard InChI is InChI=1S/C12H11F5O2/c1-5(2)3-4-19-12(18)6-7(13)9(15)11(17)10(16)8(6)14/h5H,3-4H2,1-2H3. The summed E-state index contributed by atoms with van der Waals surface area (Å²) >= 11 is 0. The molecule has 0 saturated heterocycles. The quantitative estimate of drug-likeness (QED) is 0.365. The number of halogens is 5. The molecule has 0 heterocycles. The van der Waals surface area contributed by atoms with Gasteiger partial charge in [0.15, 0.2) is 23.3 Å². The normalized spacial score (nSPS) is 10.9. The van der Waals surface area contributed by atoms with E-state index >= 15 is 0 Å². The molecule has 106 valence electrons. The lowest BCUT2D eigenvalue weighted by atomic mass is 10.1. The van der Waals surface area contributed by atoms with Crippen molar-refractivity contribution in [2.75, 3.05) is 6.61 Å². The predicted molar refractivity (Wildman–Crippen MR) is 56.0 cm³/mol. The molecule has 0 unspecified atom stereocenters. The first-order valence-electron chi connectivity index (χ1n) is 5.45. The summed E-state index contributed by atoms with van der Waals surface area (Å²) < 4.78 is 69.3. The van der Waals surface area contributed by atoms with Crippen molar-refractivity contribution in [1.82, 2.24) is 0 Å². The summed E-state index contributed by atoms with van der Waals surface area (Å²) in [6.45, 7) is 3.45. The van der Waals surface area contributed by atoms with Gasteiger partial charge in [-0.2, -0.15) is 0 Å². The summed E-state index contributed by atoms with van der Waals surface area (Å²) in [6.07, 6.45) is 0.404. The SMILES string of the molecule is CC(C)CCOC(=O)c1c(F)c(F)c(F)c(F)c1F. The smallest absolute Gasteiger partial charge is 0.344 e. The lowest BCUT2D eigenvalue weighted by molar-refractivity contribution is 0.0473. The van der Waals surface area contributed by atoms with Crippen LogP contribution in [0.15, 0.2) is 0 Å².